The lowest BCUT2D eigenvalue weighted by molar-refractivity contribution is -0.138. The van der Waals surface area contributed by atoms with Gasteiger partial charge in [-0.2, -0.15) is 0 Å². The molecule has 1 fully saturated rings. The fraction of sp³-hybridized carbons (Fsp3) is 0.464. The maximum Gasteiger partial charge on any atom is 0.407 e. The zero-order chi connectivity index (χ0) is 24.8. The van der Waals surface area contributed by atoms with Crippen molar-refractivity contribution in [3.05, 3.63) is 59.7 Å². The average Bonchev–Trinajstić information content (AvgIpc) is 3.19. The van der Waals surface area contributed by atoms with E-state index in [-0.39, 0.29) is 42.7 Å². The molecule has 7 nitrogen and oxygen atoms in total. The minimum absolute atomic E-state index is 0.0150. The number of carbonyl (C=O) groups is 3. The van der Waals surface area contributed by atoms with Gasteiger partial charge in [0.1, 0.15) is 6.61 Å². The lowest BCUT2D eigenvalue weighted by atomic mass is 9.83. The van der Waals surface area contributed by atoms with Gasteiger partial charge in [-0.1, -0.05) is 74.7 Å². The molecule has 1 saturated carbocycles. The summed E-state index contributed by atoms with van der Waals surface area (Å²) in [6, 6.07) is 16.1. The molecule has 7 heteroatoms. The van der Waals surface area contributed by atoms with Gasteiger partial charge in [-0.25, -0.2) is 4.79 Å². The second-order valence-corrected chi connectivity index (χ2v) is 9.58. The Kier molecular flexibility index (Phi) is 8.06. The van der Waals surface area contributed by atoms with Gasteiger partial charge in [-0.15, -0.1) is 0 Å². The van der Waals surface area contributed by atoms with Gasteiger partial charge in [-0.3, -0.25) is 9.59 Å². The summed E-state index contributed by atoms with van der Waals surface area (Å²) in [7, 11) is 0. The largest absolute Gasteiger partial charge is 0.481 e. The van der Waals surface area contributed by atoms with Crippen LogP contribution < -0.4 is 10.6 Å². The first kappa shape index (κ1) is 24.8. The van der Waals surface area contributed by atoms with Crippen molar-refractivity contribution in [1.82, 2.24) is 10.6 Å². The number of fused-ring (bicyclic) bond motifs is 3. The first-order valence-electron chi connectivity index (χ1n) is 12.6. The van der Waals surface area contributed by atoms with Crippen LogP contribution in [-0.4, -0.2) is 42.3 Å². The highest BCUT2D eigenvalue weighted by Gasteiger charge is 2.34. The predicted molar refractivity (Wildman–Crippen MR) is 133 cm³/mol. The molecule has 2 aromatic carbocycles. The number of ether oxygens (including phenoxy) is 1. The lowest BCUT2D eigenvalue weighted by Gasteiger charge is -2.31. The standard InChI is InChI=1S/C28H34N2O5/c1-2-18(15-26(31)32)16-29-27(33)23-13-7-8-14-25(23)30-28(34)35-17-24-21-11-5-3-9-19(21)20-10-4-6-12-22(20)24/h3-6,9-12,18,23-25H,2,7-8,13-17H2,1H3,(H,29,33)(H,30,34)(H,31,32)/t18?,23-,25+/m1/s1. The molecule has 4 rings (SSSR count). The minimum atomic E-state index is -0.862. The fourth-order valence-electron chi connectivity index (χ4n) is 5.39. The summed E-state index contributed by atoms with van der Waals surface area (Å²) in [5.74, 6) is -1.45. The van der Waals surface area contributed by atoms with Gasteiger partial charge >= 0.3 is 12.1 Å². The van der Waals surface area contributed by atoms with Crippen molar-refractivity contribution in [1.29, 1.82) is 0 Å². The number of amides is 2. The van der Waals surface area contributed by atoms with Crippen LogP contribution in [0.1, 0.15) is 62.5 Å². The van der Waals surface area contributed by atoms with Gasteiger partial charge in [0.15, 0.2) is 0 Å². The van der Waals surface area contributed by atoms with Crippen molar-refractivity contribution in [3.8, 4) is 11.1 Å². The van der Waals surface area contributed by atoms with Crippen LogP contribution in [0.4, 0.5) is 4.79 Å². The summed E-state index contributed by atoms with van der Waals surface area (Å²) in [5.41, 5.74) is 4.66. The van der Waals surface area contributed by atoms with Crippen LogP contribution in [0.25, 0.3) is 11.1 Å². The minimum Gasteiger partial charge on any atom is -0.481 e. The maximum absolute atomic E-state index is 12.9. The molecule has 0 aromatic heterocycles. The summed E-state index contributed by atoms with van der Waals surface area (Å²) in [5, 5.41) is 14.9. The monoisotopic (exact) mass is 478 g/mol. The molecule has 1 unspecified atom stereocenters. The zero-order valence-corrected chi connectivity index (χ0v) is 20.2. The molecule has 0 bridgehead atoms. The number of benzene rings is 2. The molecular formula is C28H34N2O5. The van der Waals surface area contributed by atoms with E-state index in [0.717, 1.165) is 24.0 Å². The average molecular weight is 479 g/mol. The van der Waals surface area contributed by atoms with Crippen molar-refractivity contribution in [2.75, 3.05) is 13.2 Å². The van der Waals surface area contributed by atoms with Crippen molar-refractivity contribution in [2.24, 2.45) is 11.8 Å². The predicted octanol–water partition coefficient (Wildman–Crippen LogP) is 4.70. The van der Waals surface area contributed by atoms with Crippen LogP contribution in [0.2, 0.25) is 0 Å². The number of rotatable bonds is 9. The summed E-state index contributed by atoms with van der Waals surface area (Å²) in [4.78, 5) is 36.7. The Labute approximate surface area is 206 Å². The van der Waals surface area contributed by atoms with Gasteiger partial charge in [0, 0.05) is 24.9 Å². The highest BCUT2D eigenvalue weighted by atomic mass is 16.5. The number of carboxylic acid groups (broad SMARTS) is 1. The second kappa shape index (κ2) is 11.4. The molecule has 2 amide bonds. The highest BCUT2D eigenvalue weighted by molar-refractivity contribution is 5.81. The number of carbonyl (C=O) groups excluding carboxylic acids is 2. The van der Waals surface area contributed by atoms with E-state index in [4.69, 9.17) is 9.84 Å². The zero-order valence-electron chi connectivity index (χ0n) is 20.2. The normalized spacial score (nSPS) is 19.8. The summed E-state index contributed by atoms with van der Waals surface area (Å²) >= 11 is 0. The van der Waals surface area contributed by atoms with Gasteiger partial charge in [-0.05, 0) is 41.0 Å². The van der Waals surface area contributed by atoms with E-state index < -0.39 is 12.1 Å². The van der Waals surface area contributed by atoms with Gasteiger partial charge in [0.2, 0.25) is 5.91 Å². The molecule has 0 aliphatic heterocycles. The van der Waals surface area contributed by atoms with Crippen molar-refractivity contribution in [3.63, 3.8) is 0 Å². The topological polar surface area (TPSA) is 105 Å². The second-order valence-electron chi connectivity index (χ2n) is 9.58. The molecule has 0 radical (unpaired) electrons. The number of carboxylic acids is 1. The molecule has 2 aliphatic rings. The highest BCUT2D eigenvalue weighted by Crippen LogP contribution is 2.44. The Hall–Kier alpha value is -3.35. The number of aliphatic carboxylic acids is 1. The van der Waals surface area contributed by atoms with Crippen molar-refractivity contribution in [2.45, 2.75) is 57.4 Å². The molecule has 3 N–H and O–H groups in total. The van der Waals surface area contributed by atoms with E-state index in [1.54, 1.807) is 0 Å². The molecule has 186 valence electrons. The number of hydrogen-bond acceptors (Lipinski definition) is 4. The lowest BCUT2D eigenvalue weighted by Crippen LogP contribution is -2.49. The SMILES string of the molecule is CCC(CNC(=O)[C@@H]1CCCC[C@@H]1NC(=O)OCC1c2ccccc2-c2ccccc21)CC(=O)O. The van der Waals surface area contributed by atoms with Crippen LogP contribution >= 0.6 is 0 Å². The summed E-state index contributed by atoms with van der Waals surface area (Å²) in [6.45, 7) is 2.48. The van der Waals surface area contributed by atoms with Gasteiger partial charge in [0.05, 0.1) is 5.92 Å². The van der Waals surface area contributed by atoms with E-state index >= 15 is 0 Å². The smallest absolute Gasteiger partial charge is 0.407 e. The third-order valence-electron chi connectivity index (χ3n) is 7.36. The van der Waals surface area contributed by atoms with Crippen molar-refractivity contribution >= 4 is 18.0 Å². The van der Waals surface area contributed by atoms with E-state index in [9.17, 15) is 14.4 Å². The third kappa shape index (κ3) is 5.84. The molecule has 0 spiro atoms. The van der Waals surface area contributed by atoms with E-state index in [2.05, 4.69) is 34.9 Å². The quantitative estimate of drug-likeness (QED) is 0.485. The fourth-order valence-corrected chi connectivity index (χ4v) is 5.39. The number of nitrogens with one attached hydrogen (secondary N) is 2. The Morgan fingerprint density at radius 3 is 2.26 bits per heavy atom. The van der Waals surface area contributed by atoms with E-state index in [0.29, 0.717) is 25.8 Å². The van der Waals surface area contributed by atoms with Crippen LogP contribution in [0.15, 0.2) is 48.5 Å². The first-order chi connectivity index (χ1) is 17.0. The molecule has 3 atom stereocenters. The Balaban J connectivity index is 1.34. The number of alkyl carbamates (subject to hydrolysis) is 1. The van der Waals surface area contributed by atoms with Crippen LogP contribution in [0.3, 0.4) is 0 Å². The molecule has 2 aromatic rings. The molecule has 0 heterocycles. The summed E-state index contributed by atoms with van der Waals surface area (Å²) < 4.78 is 5.68. The van der Waals surface area contributed by atoms with Crippen LogP contribution in [0.5, 0.6) is 0 Å². The first-order valence-corrected chi connectivity index (χ1v) is 12.6. The third-order valence-corrected chi connectivity index (χ3v) is 7.36. The summed E-state index contributed by atoms with van der Waals surface area (Å²) in [6.07, 6.45) is 3.47. The Morgan fingerprint density at radius 2 is 1.63 bits per heavy atom. The Bertz CT molecular complexity index is 1020. The number of hydrogen-bond donors (Lipinski definition) is 3. The molecular weight excluding hydrogens is 444 g/mol. The van der Waals surface area contributed by atoms with Gasteiger partial charge in [0.25, 0.3) is 0 Å². The maximum atomic E-state index is 12.9. The molecule has 0 saturated heterocycles. The van der Waals surface area contributed by atoms with Gasteiger partial charge < -0.3 is 20.5 Å². The van der Waals surface area contributed by atoms with E-state index in [1.807, 2.05) is 31.2 Å². The molecule has 35 heavy (non-hydrogen) atoms. The molecule has 2 aliphatic carbocycles. The van der Waals surface area contributed by atoms with E-state index in [1.165, 1.54) is 11.1 Å². The van der Waals surface area contributed by atoms with Crippen LogP contribution in [-0.2, 0) is 14.3 Å². The Morgan fingerprint density at radius 1 is 1.00 bits per heavy atom. The van der Waals surface area contributed by atoms with Crippen LogP contribution in [0, 0.1) is 11.8 Å². The van der Waals surface area contributed by atoms with Crippen molar-refractivity contribution < 1.29 is 24.2 Å².